The number of anilines is 1. The van der Waals surface area contributed by atoms with Crippen molar-refractivity contribution in [3.63, 3.8) is 0 Å². The fraction of sp³-hybridized carbons (Fsp3) is 0.421. The third-order valence-electron chi connectivity index (χ3n) is 5.10. The number of nitrogens with one attached hydrogen (secondary N) is 1. The molecule has 4 rings (SSSR count). The molecule has 0 radical (unpaired) electrons. The first-order valence-electron chi connectivity index (χ1n) is 8.70. The second-order valence-electron chi connectivity index (χ2n) is 6.79. The number of hydrogen-bond acceptors (Lipinski definition) is 3. The summed E-state index contributed by atoms with van der Waals surface area (Å²) >= 11 is 7.80. The maximum Gasteiger partial charge on any atom is 0.232 e. The average molecular weight is 415 g/mol. The first kappa shape index (κ1) is 19.6. The van der Waals surface area contributed by atoms with Crippen molar-refractivity contribution in [1.29, 1.82) is 0 Å². The van der Waals surface area contributed by atoms with E-state index >= 15 is 0 Å². The van der Waals surface area contributed by atoms with Crippen LogP contribution in [0.5, 0.6) is 0 Å². The monoisotopic (exact) mass is 414 g/mol. The summed E-state index contributed by atoms with van der Waals surface area (Å²) in [7, 11) is 0. The van der Waals surface area contributed by atoms with Gasteiger partial charge in [0.05, 0.1) is 10.3 Å². The van der Waals surface area contributed by atoms with Gasteiger partial charge in [0.25, 0.3) is 0 Å². The summed E-state index contributed by atoms with van der Waals surface area (Å²) in [5.41, 5.74) is 2.93. The van der Waals surface area contributed by atoms with E-state index in [1.807, 2.05) is 0 Å². The van der Waals surface area contributed by atoms with Gasteiger partial charge in [0.15, 0.2) is 0 Å². The van der Waals surface area contributed by atoms with Gasteiger partial charge in [-0.05, 0) is 61.2 Å². The Kier molecular flexibility index (Phi) is 6.23. The number of unbranched alkanes of at least 4 members (excludes halogenated alkanes) is 1. The minimum absolute atomic E-state index is 0. The highest BCUT2D eigenvalue weighted by atomic mass is 35.5. The summed E-state index contributed by atoms with van der Waals surface area (Å²) in [4.78, 5) is 16.0. The average Bonchev–Trinajstić information content (AvgIpc) is 3.09. The van der Waals surface area contributed by atoms with Gasteiger partial charge < -0.3 is 5.32 Å². The molecule has 0 saturated heterocycles. The molecule has 0 saturated carbocycles. The molecule has 140 valence electrons. The van der Waals surface area contributed by atoms with Crippen molar-refractivity contribution in [3.05, 3.63) is 50.4 Å². The van der Waals surface area contributed by atoms with Gasteiger partial charge in [-0.25, -0.2) is 4.39 Å². The lowest BCUT2D eigenvalue weighted by Gasteiger charge is -2.26. The molecule has 2 aromatic rings. The summed E-state index contributed by atoms with van der Waals surface area (Å²) in [6.45, 7) is 3.07. The summed E-state index contributed by atoms with van der Waals surface area (Å²) < 4.78 is 14.3. The van der Waals surface area contributed by atoms with E-state index in [4.69, 9.17) is 11.6 Å². The number of amides is 1. The minimum atomic E-state index is -0.279. The van der Waals surface area contributed by atoms with Crippen LogP contribution in [0.2, 0.25) is 4.34 Å². The zero-order chi connectivity index (χ0) is 17.4. The van der Waals surface area contributed by atoms with E-state index in [1.165, 1.54) is 22.6 Å². The number of thiophene rings is 1. The summed E-state index contributed by atoms with van der Waals surface area (Å²) in [6, 6.07) is 6.62. The molecule has 1 unspecified atom stereocenters. The zero-order valence-electron chi connectivity index (χ0n) is 14.3. The third-order valence-corrected chi connectivity index (χ3v) is 6.46. The SMILES string of the molecule is Cl.O=C1Nc2ccc(F)cc2C1CCCCN1CCc2sc(Cl)cc2C1. The summed E-state index contributed by atoms with van der Waals surface area (Å²) in [5, 5.41) is 2.85. The number of halogens is 3. The van der Waals surface area contributed by atoms with Crippen LogP contribution in [0.4, 0.5) is 10.1 Å². The molecule has 1 atom stereocenters. The van der Waals surface area contributed by atoms with Gasteiger partial charge in [0, 0.05) is 23.7 Å². The zero-order valence-corrected chi connectivity index (χ0v) is 16.7. The predicted molar refractivity (Wildman–Crippen MR) is 107 cm³/mol. The summed E-state index contributed by atoms with van der Waals surface area (Å²) in [6.07, 6.45) is 3.85. The molecular formula is C19H21Cl2FN2OS. The number of benzene rings is 1. The fourth-order valence-electron chi connectivity index (χ4n) is 3.81. The topological polar surface area (TPSA) is 32.3 Å². The van der Waals surface area contributed by atoms with Gasteiger partial charge in [0.2, 0.25) is 5.91 Å². The number of nitrogens with zero attached hydrogens (tertiary/aromatic N) is 1. The molecule has 1 N–H and O–H groups in total. The molecule has 26 heavy (non-hydrogen) atoms. The largest absolute Gasteiger partial charge is 0.325 e. The maximum absolute atomic E-state index is 13.5. The lowest BCUT2D eigenvalue weighted by Crippen LogP contribution is -2.30. The van der Waals surface area contributed by atoms with Crippen molar-refractivity contribution in [2.75, 3.05) is 18.4 Å². The molecule has 0 spiro atoms. The van der Waals surface area contributed by atoms with Crippen molar-refractivity contribution < 1.29 is 9.18 Å². The Bertz CT molecular complexity index is 811. The van der Waals surface area contributed by atoms with Gasteiger partial charge >= 0.3 is 0 Å². The van der Waals surface area contributed by atoms with E-state index in [-0.39, 0.29) is 30.0 Å². The molecule has 1 aromatic heterocycles. The van der Waals surface area contributed by atoms with Crippen LogP contribution in [0.1, 0.15) is 41.2 Å². The van der Waals surface area contributed by atoms with Crippen LogP contribution in [-0.4, -0.2) is 23.9 Å². The molecular weight excluding hydrogens is 394 g/mol. The molecule has 3 nitrogen and oxygen atoms in total. The van der Waals surface area contributed by atoms with Gasteiger partial charge in [-0.1, -0.05) is 18.0 Å². The van der Waals surface area contributed by atoms with Gasteiger partial charge in [-0.3, -0.25) is 9.69 Å². The van der Waals surface area contributed by atoms with Crippen molar-refractivity contribution in [3.8, 4) is 0 Å². The molecule has 3 heterocycles. The molecule has 1 amide bonds. The Morgan fingerprint density at radius 3 is 3.00 bits per heavy atom. The molecule has 0 fully saturated rings. The van der Waals surface area contributed by atoms with Crippen LogP contribution in [-0.2, 0) is 17.8 Å². The fourth-order valence-corrected chi connectivity index (χ4v) is 5.11. The molecule has 2 aliphatic heterocycles. The van der Waals surface area contributed by atoms with E-state index < -0.39 is 0 Å². The van der Waals surface area contributed by atoms with Crippen molar-refractivity contribution in [2.45, 2.75) is 38.1 Å². The Morgan fingerprint density at radius 1 is 1.31 bits per heavy atom. The first-order chi connectivity index (χ1) is 12.1. The standard InChI is InChI=1S/C19H20ClFN2OS.ClH/c20-18-9-12-11-23(8-6-17(12)25-18)7-2-1-3-14-15-10-13(21)4-5-16(15)22-19(14)24;/h4-5,9-10,14H,1-3,6-8,11H2,(H,22,24);1H. The van der Waals surface area contributed by atoms with E-state index in [0.717, 1.165) is 60.9 Å². The number of carbonyl (C=O) groups excluding carboxylic acids is 1. The van der Waals surface area contributed by atoms with Gasteiger partial charge in [-0.2, -0.15) is 0 Å². The second kappa shape index (κ2) is 8.26. The van der Waals surface area contributed by atoms with Crippen LogP contribution in [0, 0.1) is 5.82 Å². The molecule has 0 bridgehead atoms. The highest BCUT2D eigenvalue weighted by Gasteiger charge is 2.30. The van der Waals surface area contributed by atoms with E-state index in [1.54, 1.807) is 17.4 Å². The quantitative estimate of drug-likeness (QED) is 0.679. The second-order valence-corrected chi connectivity index (χ2v) is 8.56. The Labute approximate surface area is 167 Å². The van der Waals surface area contributed by atoms with Crippen LogP contribution in [0.15, 0.2) is 24.3 Å². The van der Waals surface area contributed by atoms with Crippen LogP contribution < -0.4 is 5.32 Å². The number of hydrogen-bond donors (Lipinski definition) is 1. The molecule has 0 aliphatic carbocycles. The smallest absolute Gasteiger partial charge is 0.232 e. The lowest BCUT2D eigenvalue weighted by molar-refractivity contribution is -0.117. The molecule has 7 heteroatoms. The minimum Gasteiger partial charge on any atom is -0.325 e. The van der Waals surface area contributed by atoms with Crippen molar-refractivity contribution >= 4 is 46.9 Å². The Hall–Kier alpha value is -1.14. The van der Waals surface area contributed by atoms with Crippen LogP contribution in [0.3, 0.4) is 0 Å². The lowest BCUT2D eigenvalue weighted by atomic mass is 9.94. The van der Waals surface area contributed by atoms with Crippen molar-refractivity contribution in [2.24, 2.45) is 0 Å². The van der Waals surface area contributed by atoms with Gasteiger partial charge in [0.1, 0.15) is 5.82 Å². The Balaban J connectivity index is 0.00000196. The van der Waals surface area contributed by atoms with E-state index in [0.29, 0.717) is 0 Å². The van der Waals surface area contributed by atoms with Gasteiger partial charge in [-0.15, -0.1) is 23.7 Å². The number of rotatable bonds is 5. The predicted octanol–water partition coefficient (Wildman–Crippen LogP) is 5.23. The molecule has 1 aromatic carbocycles. The molecule has 2 aliphatic rings. The summed E-state index contributed by atoms with van der Waals surface area (Å²) in [5.74, 6) is -0.496. The highest BCUT2D eigenvalue weighted by Crippen LogP contribution is 2.36. The number of carbonyl (C=O) groups is 1. The first-order valence-corrected chi connectivity index (χ1v) is 9.89. The van der Waals surface area contributed by atoms with Crippen LogP contribution in [0.25, 0.3) is 0 Å². The van der Waals surface area contributed by atoms with Crippen molar-refractivity contribution in [1.82, 2.24) is 4.90 Å². The Morgan fingerprint density at radius 2 is 2.15 bits per heavy atom. The number of fused-ring (bicyclic) bond motifs is 2. The normalized spacial score (nSPS) is 18.8. The highest BCUT2D eigenvalue weighted by molar-refractivity contribution is 7.16. The van der Waals surface area contributed by atoms with E-state index in [9.17, 15) is 9.18 Å². The van der Waals surface area contributed by atoms with E-state index in [2.05, 4.69) is 16.3 Å². The maximum atomic E-state index is 13.5. The third kappa shape index (κ3) is 4.06. The van der Waals surface area contributed by atoms with Crippen LogP contribution >= 0.6 is 35.3 Å².